The second-order valence-corrected chi connectivity index (χ2v) is 4.81. The van der Waals surface area contributed by atoms with Gasteiger partial charge in [-0.1, -0.05) is 6.07 Å². The number of hydrogen-bond acceptors (Lipinski definition) is 3. The minimum Gasteiger partial charge on any atom is -0.507 e. The van der Waals surface area contributed by atoms with Crippen LogP contribution >= 0.6 is 0 Å². The van der Waals surface area contributed by atoms with Crippen molar-refractivity contribution < 1.29 is 19.4 Å². The highest BCUT2D eigenvalue weighted by atomic mass is 19.1. The molecule has 1 saturated carbocycles. The molecule has 18 heavy (non-hydrogen) atoms. The summed E-state index contributed by atoms with van der Waals surface area (Å²) in [6.07, 6.45) is 1.06. The molecule has 1 aromatic rings. The summed E-state index contributed by atoms with van der Waals surface area (Å²) in [5, 5.41) is 18.7. The third-order valence-electron chi connectivity index (χ3n) is 3.30. The molecule has 2 rings (SSSR count). The van der Waals surface area contributed by atoms with E-state index in [1.807, 2.05) is 0 Å². The lowest BCUT2D eigenvalue weighted by Crippen LogP contribution is -2.39. The zero-order valence-corrected chi connectivity index (χ0v) is 10.1. The number of phenols is 1. The maximum Gasteiger partial charge on any atom is 0.260 e. The first-order valence-electron chi connectivity index (χ1n) is 5.90. The van der Waals surface area contributed by atoms with E-state index in [1.165, 1.54) is 17.0 Å². The van der Waals surface area contributed by atoms with Crippen LogP contribution in [0.5, 0.6) is 5.75 Å². The summed E-state index contributed by atoms with van der Waals surface area (Å²) in [7, 11) is 1.57. The third-order valence-corrected chi connectivity index (χ3v) is 3.30. The van der Waals surface area contributed by atoms with E-state index >= 15 is 0 Å². The molecule has 5 heteroatoms. The summed E-state index contributed by atoms with van der Waals surface area (Å²) in [6, 6.07) is 3.79. The number of benzene rings is 1. The van der Waals surface area contributed by atoms with Crippen LogP contribution in [0.25, 0.3) is 0 Å². The standard InChI is InChI=1S/C13H16FNO3/c1-15(7-8-5-9(16)6-8)13(18)12-10(14)3-2-4-11(12)17/h2-4,8-9,16-17H,5-7H2,1H3. The van der Waals surface area contributed by atoms with Crippen LogP contribution in [0.1, 0.15) is 23.2 Å². The molecule has 0 heterocycles. The average molecular weight is 253 g/mol. The number of carbonyl (C=O) groups is 1. The lowest BCUT2D eigenvalue weighted by Gasteiger charge is -2.34. The van der Waals surface area contributed by atoms with Crippen molar-refractivity contribution >= 4 is 5.91 Å². The van der Waals surface area contributed by atoms with Crippen molar-refractivity contribution in [1.82, 2.24) is 4.90 Å². The van der Waals surface area contributed by atoms with Crippen LogP contribution in [0.2, 0.25) is 0 Å². The molecule has 0 atom stereocenters. The van der Waals surface area contributed by atoms with Crippen molar-refractivity contribution in [2.45, 2.75) is 18.9 Å². The first kappa shape index (κ1) is 12.8. The van der Waals surface area contributed by atoms with E-state index in [2.05, 4.69) is 0 Å². The van der Waals surface area contributed by atoms with E-state index in [4.69, 9.17) is 0 Å². The summed E-state index contributed by atoms with van der Waals surface area (Å²) < 4.78 is 13.5. The molecule has 1 aliphatic carbocycles. The van der Waals surface area contributed by atoms with Gasteiger partial charge in [0.25, 0.3) is 5.91 Å². The quantitative estimate of drug-likeness (QED) is 0.855. The molecular weight excluding hydrogens is 237 g/mol. The Morgan fingerprint density at radius 1 is 1.50 bits per heavy atom. The molecule has 1 amide bonds. The fraction of sp³-hybridized carbons (Fsp3) is 0.462. The maximum atomic E-state index is 13.5. The van der Waals surface area contributed by atoms with Gasteiger partial charge in [0.15, 0.2) is 0 Å². The highest BCUT2D eigenvalue weighted by molar-refractivity contribution is 5.96. The topological polar surface area (TPSA) is 60.8 Å². The molecule has 1 aromatic carbocycles. The molecule has 0 spiro atoms. The molecule has 4 nitrogen and oxygen atoms in total. The Labute approximate surface area is 105 Å². The summed E-state index contributed by atoms with van der Waals surface area (Å²) in [5.41, 5.74) is -0.292. The van der Waals surface area contributed by atoms with Gasteiger partial charge in [-0.05, 0) is 30.9 Å². The summed E-state index contributed by atoms with van der Waals surface area (Å²) in [6.45, 7) is 0.462. The molecule has 0 radical (unpaired) electrons. The van der Waals surface area contributed by atoms with Gasteiger partial charge >= 0.3 is 0 Å². The molecule has 98 valence electrons. The number of rotatable bonds is 3. The van der Waals surface area contributed by atoms with Gasteiger partial charge in [0.2, 0.25) is 0 Å². The van der Waals surface area contributed by atoms with Crippen molar-refractivity contribution in [2.24, 2.45) is 5.92 Å². The number of amides is 1. The molecular formula is C13H16FNO3. The van der Waals surface area contributed by atoms with Crippen molar-refractivity contribution in [1.29, 1.82) is 0 Å². The zero-order chi connectivity index (χ0) is 13.3. The molecule has 0 aromatic heterocycles. The van der Waals surface area contributed by atoms with Crippen LogP contribution in [-0.4, -0.2) is 40.7 Å². The van der Waals surface area contributed by atoms with Crippen molar-refractivity contribution in [2.75, 3.05) is 13.6 Å². The number of aromatic hydroxyl groups is 1. The van der Waals surface area contributed by atoms with Gasteiger partial charge < -0.3 is 15.1 Å². The first-order valence-corrected chi connectivity index (χ1v) is 5.90. The summed E-state index contributed by atoms with van der Waals surface area (Å²) in [4.78, 5) is 13.4. The van der Waals surface area contributed by atoms with Crippen molar-refractivity contribution in [3.8, 4) is 5.75 Å². The first-order chi connectivity index (χ1) is 8.49. The van der Waals surface area contributed by atoms with Gasteiger partial charge in [0, 0.05) is 13.6 Å². The number of nitrogens with zero attached hydrogens (tertiary/aromatic N) is 1. The minimum atomic E-state index is -0.722. The van der Waals surface area contributed by atoms with Crippen LogP contribution in [0.3, 0.4) is 0 Å². The van der Waals surface area contributed by atoms with Crippen LogP contribution < -0.4 is 0 Å². The molecule has 0 bridgehead atoms. The number of aliphatic hydroxyl groups is 1. The van der Waals surface area contributed by atoms with E-state index in [9.17, 15) is 19.4 Å². The fourth-order valence-corrected chi connectivity index (χ4v) is 2.24. The predicted molar refractivity (Wildman–Crippen MR) is 63.8 cm³/mol. The van der Waals surface area contributed by atoms with E-state index < -0.39 is 11.7 Å². The molecule has 0 unspecified atom stereocenters. The number of carbonyl (C=O) groups excluding carboxylic acids is 1. The van der Waals surface area contributed by atoms with Gasteiger partial charge in [-0.2, -0.15) is 0 Å². The Bertz CT molecular complexity index is 437. The van der Waals surface area contributed by atoms with Crippen LogP contribution in [-0.2, 0) is 0 Å². The van der Waals surface area contributed by atoms with E-state index in [-0.39, 0.29) is 23.3 Å². The SMILES string of the molecule is CN(CC1CC(O)C1)C(=O)c1c(O)cccc1F. The predicted octanol–water partition coefficient (Wildman–Crippen LogP) is 1.37. The minimum absolute atomic E-state index is 0.253. The Morgan fingerprint density at radius 3 is 2.72 bits per heavy atom. The van der Waals surface area contributed by atoms with Crippen LogP contribution in [0.4, 0.5) is 4.39 Å². The smallest absolute Gasteiger partial charge is 0.260 e. The Morgan fingerprint density at radius 2 is 2.17 bits per heavy atom. The van der Waals surface area contributed by atoms with E-state index in [0.29, 0.717) is 19.4 Å². The number of phenolic OH excluding ortho intramolecular Hbond substituents is 1. The van der Waals surface area contributed by atoms with Crippen molar-refractivity contribution in [3.05, 3.63) is 29.6 Å². The monoisotopic (exact) mass is 253 g/mol. The van der Waals surface area contributed by atoms with Gasteiger partial charge in [-0.3, -0.25) is 4.79 Å². The lowest BCUT2D eigenvalue weighted by atomic mass is 9.82. The second-order valence-electron chi connectivity index (χ2n) is 4.81. The molecule has 0 saturated heterocycles. The average Bonchev–Trinajstić information content (AvgIpc) is 2.26. The number of halogens is 1. The van der Waals surface area contributed by atoms with E-state index in [1.54, 1.807) is 7.05 Å². The molecule has 2 N–H and O–H groups in total. The number of aliphatic hydroxyl groups excluding tert-OH is 1. The second kappa shape index (κ2) is 4.94. The van der Waals surface area contributed by atoms with Crippen molar-refractivity contribution in [3.63, 3.8) is 0 Å². The highest BCUT2D eigenvalue weighted by Crippen LogP contribution is 2.29. The van der Waals surface area contributed by atoms with Gasteiger partial charge in [0.05, 0.1) is 6.10 Å². The largest absolute Gasteiger partial charge is 0.507 e. The van der Waals surface area contributed by atoms with Gasteiger partial charge in [-0.25, -0.2) is 4.39 Å². The fourth-order valence-electron chi connectivity index (χ4n) is 2.24. The normalized spacial score (nSPS) is 22.4. The Kier molecular flexibility index (Phi) is 3.52. The van der Waals surface area contributed by atoms with Gasteiger partial charge in [-0.15, -0.1) is 0 Å². The molecule has 0 aliphatic heterocycles. The number of hydrogen-bond donors (Lipinski definition) is 2. The zero-order valence-electron chi connectivity index (χ0n) is 10.1. The molecule has 1 fully saturated rings. The Hall–Kier alpha value is -1.62. The van der Waals surface area contributed by atoms with Crippen LogP contribution in [0.15, 0.2) is 18.2 Å². The van der Waals surface area contributed by atoms with Gasteiger partial charge in [0.1, 0.15) is 17.1 Å². The van der Waals surface area contributed by atoms with Crippen LogP contribution in [0, 0.1) is 11.7 Å². The lowest BCUT2D eigenvalue weighted by molar-refractivity contribution is 0.0263. The highest BCUT2D eigenvalue weighted by Gasteiger charge is 2.30. The summed E-state index contributed by atoms with van der Waals surface area (Å²) >= 11 is 0. The maximum absolute atomic E-state index is 13.5. The Balaban J connectivity index is 2.06. The third kappa shape index (κ3) is 2.46. The summed E-state index contributed by atoms with van der Waals surface area (Å²) in [5.74, 6) is -1.35. The molecule has 1 aliphatic rings. The van der Waals surface area contributed by atoms with E-state index in [0.717, 1.165) is 6.07 Å².